The Kier molecular flexibility index (Phi) is 3.61. The predicted octanol–water partition coefficient (Wildman–Crippen LogP) is 3.16. The lowest BCUT2D eigenvalue weighted by Gasteiger charge is -2.28. The van der Waals surface area contributed by atoms with Crippen LogP contribution in [0.5, 0.6) is 11.5 Å². The summed E-state index contributed by atoms with van der Waals surface area (Å²) < 4.78 is 0. The fourth-order valence-electron chi connectivity index (χ4n) is 2.24. The minimum Gasteiger partial charge on any atom is -0.508 e. The number of phenolic OH excluding ortho intramolecular Hbond substituents is 2. The predicted molar refractivity (Wildman–Crippen MR) is 77.9 cm³/mol. The average molecular weight is 268 g/mol. The molecule has 0 aliphatic rings. The lowest BCUT2D eigenvalue weighted by Crippen LogP contribution is -2.32. The molecular formula is C17H16O3. The van der Waals surface area contributed by atoms with Crippen molar-refractivity contribution in [2.45, 2.75) is 12.3 Å². The first kappa shape index (κ1) is 13.9. The number of rotatable bonds is 4. The van der Waals surface area contributed by atoms with Crippen molar-refractivity contribution in [2.75, 3.05) is 0 Å². The molecule has 2 N–H and O–H groups in total. The highest BCUT2D eigenvalue weighted by Crippen LogP contribution is 2.34. The second-order valence-corrected chi connectivity index (χ2v) is 4.79. The van der Waals surface area contributed by atoms with Gasteiger partial charge in [-0.2, -0.15) is 0 Å². The van der Waals surface area contributed by atoms with E-state index in [1.807, 2.05) is 0 Å². The average Bonchev–Trinajstić information content (AvgIpc) is 2.47. The fourth-order valence-corrected chi connectivity index (χ4v) is 2.24. The number of carbonyl (C=O) groups is 1. The summed E-state index contributed by atoms with van der Waals surface area (Å²) in [6, 6.07) is 13.0. The van der Waals surface area contributed by atoms with E-state index in [1.54, 1.807) is 55.5 Å². The van der Waals surface area contributed by atoms with E-state index in [2.05, 4.69) is 6.58 Å². The summed E-state index contributed by atoms with van der Waals surface area (Å²) in [4.78, 5) is 12.4. The molecule has 102 valence electrons. The van der Waals surface area contributed by atoms with Gasteiger partial charge in [0.1, 0.15) is 11.5 Å². The van der Waals surface area contributed by atoms with Gasteiger partial charge in [0.2, 0.25) is 0 Å². The third-order valence-corrected chi connectivity index (χ3v) is 3.57. The molecule has 0 saturated carbocycles. The summed E-state index contributed by atoms with van der Waals surface area (Å²) in [7, 11) is 0. The summed E-state index contributed by atoms with van der Waals surface area (Å²) in [6.07, 6.45) is 1.29. The van der Waals surface area contributed by atoms with E-state index in [9.17, 15) is 15.0 Å². The van der Waals surface area contributed by atoms with Gasteiger partial charge in [0.05, 0.1) is 5.41 Å². The Morgan fingerprint density at radius 3 is 1.60 bits per heavy atom. The van der Waals surface area contributed by atoms with Crippen LogP contribution < -0.4 is 0 Å². The van der Waals surface area contributed by atoms with E-state index in [-0.39, 0.29) is 17.3 Å². The molecule has 0 atom stereocenters. The molecule has 0 unspecified atom stereocenters. The highest BCUT2D eigenvalue weighted by molar-refractivity contribution is 6.01. The summed E-state index contributed by atoms with van der Waals surface area (Å²) in [5.74, 6) is 0.148. The normalized spacial score (nSPS) is 11.1. The Hall–Kier alpha value is -2.55. The van der Waals surface area contributed by atoms with Crippen molar-refractivity contribution in [1.82, 2.24) is 0 Å². The summed E-state index contributed by atoms with van der Waals surface area (Å²) in [5, 5.41) is 18.8. The molecule has 0 spiro atoms. The minimum absolute atomic E-state index is 0.145. The van der Waals surface area contributed by atoms with Gasteiger partial charge < -0.3 is 10.2 Å². The molecule has 2 aromatic rings. The van der Waals surface area contributed by atoms with E-state index in [1.165, 1.54) is 6.08 Å². The number of hydrogen-bond acceptors (Lipinski definition) is 3. The highest BCUT2D eigenvalue weighted by Gasteiger charge is 2.35. The fraction of sp³-hybridized carbons (Fsp3) is 0.118. The van der Waals surface area contributed by atoms with Crippen LogP contribution in [0.3, 0.4) is 0 Å². The SMILES string of the molecule is C=CC(=O)C(C)(c1ccc(O)cc1)c1ccc(O)cc1. The summed E-state index contributed by atoms with van der Waals surface area (Å²) >= 11 is 0. The smallest absolute Gasteiger partial charge is 0.169 e. The highest BCUT2D eigenvalue weighted by atomic mass is 16.3. The van der Waals surface area contributed by atoms with Crippen LogP contribution in [0.2, 0.25) is 0 Å². The van der Waals surface area contributed by atoms with E-state index in [0.717, 1.165) is 11.1 Å². The van der Waals surface area contributed by atoms with E-state index in [0.29, 0.717) is 0 Å². The molecule has 0 radical (unpaired) electrons. The number of allylic oxidation sites excluding steroid dienone is 1. The Morgan fingerprint density at radius 1 is 0.950 bits per heavy atom. The van der Waals surface area contributed by atoms with Crippen molar-refractivity contribution >= 4 is 5.78 Å². The van der Waals surface area contributed by atoms with Gasteiger partial charge in [0, 0.05) is 0 Å². The van der Waals surface area contributed by atoms with Gasteiger partial charge in [0.25, 0.3) is 0 Å². The minimum atomic E-state index is -0.900. The van der Waals surface area contributed by atoms with Crippen LogP contribution in [-0.2, 0) is 10.2 Å². The third-order valence-electron chi connectivity index (χ3n) is 3.57. The van der Waals surface area contributed by atoms with Gasteiger partial charge >= 0.3 is 0 Å². The Balaban J connectivity index is 2.61. The van der Waals surface area contributed by atoms with Crippen molar-refractivity contribution < 1.29 is 15.0 Å². The molecule has 0 aliphatic heterocycles. The maximum absolute atomic E-state index is 12.4. The molecule has 20 heavy (non-hydrogen) atoms. The number of carbonyl (C=O) groups excluding carboxylic acids is 1. The number of hydrogen-bond donors (Lipinski definition) is 2. The zero-order valence-electron chi connectivity index (χ0n) is 11.2. The largest absolute Gasteiger partial charge is 0.508 e. The monoisotopic (exact) mass is 268 g/mol. The number of ketones is 1. The molecule has 0 saturated heterocycles. The number of phenols is 2. The molecule has 0 heterocycles. The molecule has 0 aliphatic carbocycles. The van der Waals surface area contributed by atoms with Crippen LogP contribution >= 0.6 is 0 Å². The van der Waals surface area contributed by atoms with Crippen molar-refractivity contribution in [2.24, 2.45) is 0 Å². The van der Waals surface area contributed by atoms with Crippen LogP contribution in [0, 0.1) is 0 Å². The van der Waals surface area contributed by atoms with E-state index < -0.39 is 5.41 Å². The maximum atomic E-state index is 12.4. The van der Waals surface area contributed by atoms with Gasteiger partial charge in [-0.1, -0.05) is 30.8 Å². The molecule has 2 rings (SSSR count). The summed E-state index contributed by atoms with van der Waals surface area (Å²) in [6.45, 7) is 5.37. The lowest BCUT2D eigenvalue weighted by molar-refractivity contribution is -0.118. The Labute approximate surface area is 117 Å². The molecule has 3 heteroatoms. The molecule has 0 aromatic heterocycles. The first-order valence-corrected chi connectivity index (χ1v) is 6.24. The number of aromatic hydroxyl groups is 2. The molecule has 0 amide bonds. The molecule has 2 aromatic carbocycles. The first-order chi connectivity index (χ1) is 9.48. The van der Waals surface area contributed by atoms with E-state index >= 15 is 0 Å². The third kappa shape index (κ3) is 2.30. The molecule has 0 fully saturated rings. The number of benzene rings is 2. The van der Waals surface area contributed by atoms with Gasteiger partial charge in [0.15, 0.2) is 5.78 Å². The zero-order chi connectivity index (χ0) is 14.8. The van der Waals surface area contributed by atoms with Crippen LogP contribution in [0.25, 0.3) is 0 Å². The van der Waals surface area contributed by atoms with Crippen molar-refractivity contribution in [3.8, 4) is 11.5 Å². The standard InChI is InChI=1S/C17H16O3/c1-3-16(20)17(2,12-4-8-14(18)9-5-12)13-6-10-15(19)11-7-13/h3-11,18-19H,1H2,2H3. The van der Waals surface area contributed by atoms with Crippen molar-refractivity contribution in [3.63, 3.8) is 0 Å². The molecule has 0 bridgehead atoms. The summed E-state index contributed by atoms with van der Waals surface area (Å²) in [5.41, 5.74) is 0.611. The molecular weight excluding hydrogens is 252 g/mol. The Bertz CT molecular complexity index is 579. The van der Waals surface area contributed by atoms with Crippen LogP contribution in [0.15, 0.2) is 61.2 Å². The molecule has 3 nitrogen and oxygen atoms in total. The van der Waals surface area contributed by atoms with Crippen molar-refractivity contribution in [1.29, 1.82) is 0 Å². The zero-order valence-corrected chi connectivity index (χ0v) is 11.2. The van der Waals surface area contributed by atoms with Crippen LogP contribution in [0.1, 0.15) is 18.1 Å². The Morgan fingerprint density at radius 2 is 1.30 bits per heavy atom. The van der Waals surface area contributed by atoms with Gasteiger partial charge in [-0.15, -0.1) is 0 Å². The second-order valence-electron chi connectivity index (χ2n) is 4.79. The van der Waals surface area contributed by atoms with Gasteiger partial charge in [-0.25, -0.2) is 0 Å². The quantitative estimate of drug-likeness (QED) is 0.837. The second kappa shape index (κ2) is 5.21. The van der Waals surface area contributed by atoms with Crippen LogP contribution in [0.4, 0.5) is 0 Å². The van der Waals surface area contributed by atoms with Gasteiger partial charge in [-0.3, -0.25) is 4.79 Å². The van der Waals surface area contributed by atoms with Crippen LogP contribution in [-0.4, -0.2) is 16.0 Å². The lowest BCUT2D eigenvalue weighted by atomic mass is 9.73. The maximum Gasteiger partial charge on any atom is 0.169 e. The van der Waals surface area contributed by atoms with Gasteiger partial charge in [-0.05, 0) is 48.4 Å². The first-order valence-electron chi connectivity index (χ1n) is 6.24. The topological polar surface area (TPSA) is 57.5 Å². The van der Waals surface area contributed by atoms with Crippen molar-refractivity contribution in [3.05, 3.63) is 72.3 Å². The van der Waals surface area contributed by atoms with E-state index in [4.69, 9.17) is 0 Å².